The van der Waals surface area contributed by atoms with Crippen LogP contribution in [0.2, 0.25) is 0 Å². The predicted octanol–water partition coefficient (Wildman–Crippen LogP) is 2.91. The molecule has 2 rings (SSSR count). The molecule has 17 heavy (non-hydrogen) atoms. The number of rotatable bonds is 5. The average molecular weight is 225 g/mol. The number of benzene rings is 2. The maximum absolute atomic E-state index is 11.7. The average Bonchev–Trinajstić information content (AvgIpc) is 2.39. The van der Waals surface area contributed by atoms with E-state index in [4.69, 9.17) is 0 Å². The molecule has 0 heterocycles. The van der Waals surface area contributed by atoms with Crippen molar-refractivity contribution in [3.63, 3.8) is 0 Å². The lowest BCUT2D eigenvalue weighted by Gasteiger charge is -2.05. The van der Waals surface area contributed by atoms with Crippen LogP contribution in [0, 0.1) is 0 Å². The first-order valence-electron chi connectivity index (χ1n) is 5.69. The van der Waals surface area contributed by atoms with Crippen LogP contribution in [0.4, 0.5) is 5.69 Å². The Hall–Kier alpha value is -2.09. The normalized spacial score (nSPS) is 9.88. The Morgan fingerprint density at radius 2 is 1.47 bits per heavy atom. The van der Waals surface area contributed by atoms with Gasteiger partial charge in [0.05, 0.1) is 6.54 Å². The van der Waals surface area contributed by atoms with E-state index in [-0.39, 0.29) is 5.78 Å². The summed E-state index contributed by atoms with van der Waals surface area (Å²) < 4.78 is 0. The summed E-state index contributed by atoms with van der Waals surface area (Å²) >= 11 is 0. The largest absolute Gasteiger partial charge is 0.378 e. The Morgan fingerprint density at radius 3 is 2.12 bits per heavy atom. The second-order valence-electron chi connectivity index (χ2n) is 3.92. The molecule has 2 heteroatoms. The highest BCUT2D eigenvalue weighted by Crippen LogP contribution is 2.05. The zero-order valence-electron chi connectivity index (χ0n) is 9.60. The molecule has 0 aliphatic carbocycles. The van der Waals surface area contributed by atoms with E-state index in [2.05, 4.69) is 5.32 Å². The maximum atomic E-state index is 11.7. The van der Waals surface area contributed by atoms with Gasteiger partial charge in [0.15, 0.2) is 5.78 Å². The number of ketones is 1. The predicted molar refractivity (Wildman–Crippen MR) is 70.1 cm³/mol. The minimum Gasteiger partial charge on any atom is -0.378 e. The smallest absolute Gasteiger partial charge is 0.156 e. The summed E-state index contributed by atoms with van der Waals surface area (Å²) in [5.41, 5.74) is 2.04. The molecule has 1 N–H and O–H groups in total. The van der Waals surface area contributed by atoms with Crippen molar-refractivity contribution in [1.29, 1.82) is 0 Å². The highest BCUT2D eigenvalue weighted by molar-refractivity contribution is 5.84. The molecule has 0 saturated heterocycles. The van der Waals surface area contributed by atoms with Crippen molar-refractivity contribution >= 4 is 11.5 Å². The molecule has 0 spiro atoms. The van der Waals surface area contributed by atoms with E-state index >= 15 is 0 Å². The van der Waals surface area contributed by atoms with Crippen LogP contribution in [0.15, 0.2) is 60.7 Å². The fourth-order valence-electron chi connectivity index (χ4n) is 1.64. The first-order valence-corrected chi connectivity index (χ1v) is 5.69. The Kier molecular flexibility index (Phi) is 3.92. The Morgan fingerprint density at radius 1 is 0.882 bits per heavy atom. The van der Waals surface area contributed by atoms with E-state index in [0.717, 1.165) is 11.3 Å². The molecule has 2 aromatic carbocycles. The lowest BCUT2D eigenvalue weighted by atomic mass is 10.1. The first kappa shape index (κ1) is 11.4. The Bertz CT molecular complexity index is 465. The fourth-order valence-corrected chi connectivity index (χ4v) is 1.64. The van der Waals surface area contributed by atoms with Gasteiger partial charge in [-0.05, 0) is 17.7 Å². The van der Waals surface area contributed by atoms with E-state index in [1.807, 2.05) is 60.7 Å². The molecule has 0 saturated carbocycles. The van der Waals surface area contributed by atoms with Crippen molar-refractivity contribution in [3.8, 4) is 0 Å². The number of Topliss-reactive ketones (excluding diaryl/α,β-unsaturated/α-hetero) is 1. The molecule has 0 atom stereocenters. The van der Waals surface area contributed by atoms with Crippen LogP contribution in [0.1, 0.15) is 5.56 Å². The standard InChI is InChI=1S/C15H15NO/c17-15(11-13-7-3-1-4-8-13)12-16-14-9-5-2-6-10-14/h1-10,16H,11-12H2. The van der Waals surface area contributed by atoms with Crippen molar-refractivity contribution in [1.82, 2.24) is 0 Å². The van der Waals surface area contributed by atoms with Crippen molar-refractivity contribution in [2.75, 3.05) is 11.9 Å². The van der Waals surface area contributed by atoms with Crippen molar-refractivity contribution in [2.24, 2.45) is 0 Å². The van der Waals surface area contributed by atoms with E-state index in [0.29, 0.717) is 13.0 Å². The maximum Gasteiger partial charge on any atom is 0.156 e. The fraction of sp³-hybridized carbons (Fsp3) is 0.133. The van der Waals surface area contributed by atoms with Crippen LogP contribution < -0.4 is 5.32 Å². The summed E-state index contributed by atoms with van der Waals surface area (Å²) in [6, 6.07) is 19.6. The number of hydrogen-bond acceptors (Lipinski definition) is 2. The van der Waals surface area contributed by atoms with Gasteiger partial charge in [-0.1, -0.05) is 48.5 Å². The highest BCUT2D eigenvalue weighted by Gasteiger charge is 2.02. The Balaban J connectivity index is 1.83. The van der Waals surface area contributed by atoms with E-state index in [1.54, 1.807) is 0 Å². The van der Waals surface area contributed by atoms with Gasteiger partial charge in [0.2, 0.25) is 0 Å². The highest BCUT2D eigenvalue weighted by atomic mass is 16.1. The minimum atomic E-state index is 0.194. The third-order valence-electron chi connectivity index (χ3n) is 2.51. The summed E-state index contributed by atoms with van der Waals surface area (Å²) in [5, 5.41) is 3.12. The van der Waals surface area contributed by atoms with Gasteiger partial charge >= 0.3 is 0 Å². The van der Waals surface area contributed by atoms with Crippen molar-refractivity contribution < 1.29 is 4.79 Å². The van der Waals surface area contributed by atoms with E-state index in [1.165, 1.54) is 0 Å². The number of carbonyl (C=O) groups is 1. The van der Waals surface area contributed by atoms with Crippen LogP contribution in [0.5, 0.6) is 0 Å². The quantitative estimate of drug-likeness (QED) is 0.847. The van der Waals surface area contributed by atoms with Gasteiger partial charge in [0.25, 0.3) is 0 Å². The lowest BCUT2D eigenvalue weighted by Crippen LogP contribution is -2.15. The van der Waals surface area contributed by atoms with Gasteiger partial charge in [-0.2, -0.15) is 0 Å². The zero-order valence-corrected chi connectivity index (χ0v) is 9.60. The third kappa shape index (κ3) is 3.76. The van der Waals surface area contributed by atoms with Gasteiger partial charge in [-0.25, -0.2) is 0 Å². The SMILES string of the molecule is O=C(CNc1ccccc1)Cc1ccccc1. The number of hydrogen-bond donors (Lipinski definition) is 1. The summed E-state index contributed by atoms with van der Waals surface area (Å²) in [7, 11) is 0. The molecule has 86 valence electrons. The van der Waals surface area contributed by atoms with Gasteiger partial charge in [-0.15, -0.1) is 0 Å². The molecule has 0 radical (unpaired) electrons. The molecule has 0 aliphatic heterocycles. The summed E-state index contributed by atoms with van der Waals surface area (Å²) in [4.78, 5) is 11.7. The Labute approximate surface area is 101 Å². The second kappa shape index (κ2) is 5.85. The van der Waals surface area contributed by atoms with Crippen molar-refractivity contribution in [3.05, 3.63) is 66.2 Å². The van der Waals surface area contributed by atoms with Crippen LogP contribution in [-0.4, -0.2) is 12.3 Å². The number of para-hydroxylation sites is 1. The van der Waals surface area contributed by atoms with Crippen LogP contribution in [-0.2, 0) is 11.2 Å². The molecule has 0 unspecified atom stereocenters. The molecule has 0 fully saturated rings. The molecule has 2 aromatic rings. The van der Waals surface area contributed by atoms with E-state index < -0.39 is 0 Å². The third-order valence-corrected chi connectivity index (χ3v) is 2.51. The monoisotopic (exact) mass is 225 g/mol. The van der Waals surface area contributed by atoms with Gasteiger partial charge in [-0.3, -0.25) is 4.79 Å². The number of carbonyl (C=O) groups excluding carboxylic acids is 1. The molecular formula is C15H15NO. The number of nitrogens with one attached hydrogen (secondary N) is 1. The number of anilines is 1. The van der Waals surface area contributed by atoms with Crippen LogP contribution in [0.25, 0.3) is 0 Å². The molecule has 0 amide bonds. The van der Waals surface area contributed by atoms with Gasteiger partial charge in [0, 0.05) is 12.1 Å². The summed E-state index contributed by atoms with van der Waals surface area (Å²) in [6.07, 6.45) is 0.487. The summed E-state index contributed by atoms with van der Waals surface area (Å²) in [5.74, 6) is 0.194. The van der Waals surface area contributed by atoms with Crippen LogP contribution in [0.3, 0.4) is 0 Å². The van der Waals surface area contributed by atoms with Gasteiger partial charge < -0.3 is 5.32 Å². The van der Waals surface area contributed by atoms with E-state index in [9.17, 15) is 4.79 Å². The second-order valence-corrected chi connectivity index (χ2v) is 3.92. The minimum absolute atomic E-state index is 0.194. The molecular weight excluding hydrogens is 210 g/mol. The molecule has 0 aliphatic rings. The first-order chi connectivity index (χ1) is 8.34. The lowest BCUT2D eigenvalue weighted by molar-refractivity contribution is -0.116. The molecule has 0 bridgehead atoms. The zero-order chi connectivity index (χ0) is 11.9. The topological polar surface area (TPSA) is 29.1 Å². The van der Waals surface area contributed by atoms with Crippen molar-refractivity contribution in [2.45, 2.75) is 6.42 Å². The molecule has 0 aromatic heterocycles. The van der Waals surface area contributed by atoms with Crippen LogP contribution >= 0.6 is 0 Å². The van der Waals surface area contributed by atoms with Gasteiger partial charge in [0.1, 0.15) is 0 Å². The molecule has 2 nitrogen and oxygen atoms in total. The summed E-state index contributed by atoms with van der Waals surface area (Å²) in [6.45, 7) is 0.374.